The van der Waals surface area contributed by atoms with Gasteiger partial charge in [0, 0.05) is 12.1 Å². The monoisotopic (exact) mass is 312 g/mol. The molecule has 21 heavy (non-hydrogen) atoms. The van der Waals surface area contributed by atoms with Crippen LogP contribution >= 0.6 is 0 Å². The van der Waals surface area contributed by atoms with Crippen LogP contribution in [0.4, 0.5) is 0 Å². The highest BCUT2D eigenvalue weighted by Crippen LogP contribution is 2.23. The molecule has 0 saturated heterocycles. The first-order chi connectivity index (χ1) is 9.97. The van der Waals surface area contributed by atoms with E-state index >= 15 is 0 Å². The van der Waals surface area contributed by atoms with Crippen molar-refractivity contribution in [3.8, 4) is 5.75 Å². The summed E-state index contributed by atoms with van der Waals surface area (Å²) in [6.07, 6.45) is 2.79. The third-order valence-corrected chi connectivity index (χ3v) is 4.71. The van der Waals surface area contributed by atoms with Crippen molar-refractivity contribution in [2.24, 2.45) is 0 Å². The SMILES string of the molecule is CC(C)NCCCOc1ccc(S(=O)(=O)NC2CC2)cc1. The molecule has 0 bridgehead atoms. The zero-order chi connectivity index (χ0) is 15.3. The van der Waals surface area contributed by atoms with E-state index in [1.54, 1.807) is 24.3 Å². The highest BCUT2D eigenvalue weighted by atomic mass is 32.2. The molecule has 0 unspecified atom stereocenters. The van der Waals surface area contributed by atoms with Gasteiger partial charge in [-0.25, -0.2) is 13.1 Å². The predicted octanol–water partition coefficient (Wildman–Crippen LogP) is 1.89. The molecule has 0 heterocycles. The lowest BCUT2D eigenvalue weighted by Gasteiger charge is -2.10. The van der Waals surface area contributed by atoms with Gasteiger partial charge in [-0.2, -0.15) is 0 Å². The summed E-state index contributed by atoms with van der Waals surface area (Å²) in [5, 5.41) is 3.32. The fourth-order valence-electron chi connectivity index (χ4n) is 1.86. The molecule has 1 aromatic rings. The molecule has 0 radical (unpaired) electrons. The van der Waals surface area contributed by atoms with Crippen LogP contribution in [0.3, 0.4) is 0 Å². The highest BCUT2D eigenvalue weighted by molar-refractivity contribution is 7.89. The largest absolute Gasteiger partial charge is 0.494 e. The molecule has 0 atom stereocenters. The lowest BCUT2D eigenvalue weighted by Crippen LogP contribution is -2.25. The van der Waals surface area contributed by atoms with E-state index in [-0.39, 0.29) is 6.04 Å². The third kappa shape index (κ3) is 5.65. The summed E-state index contributed by atoms with van der Waals surface area (Å²) in [7, 11) is -3.37. The summed E-state index contributed by atoms with van der Waals surface area (Å²) >= 11 is 0. The van der Waals surface area contributed by atoms with Crippen LogP contribution in [-0.4, -0.2) is 33.7 Å². The summed E-state index contributed by atoms with van der Waals surface area (Å²) in [6, 6.07) is 7.20. The Morgan fingerprint density at radius 3 is 2.48 bits per heavy atom. The molecule has 0 aromatic heterocycles. The van der Waals surface area contributed by atoms with Gasteiger partial charge >= 0.3 is 0 Å². The van der Waals surface area contributed by atoms with E-state index in [4.69, 9.17) is 4.74 Å². The van der Waals surface area contributed by atoms with Crippen LogP contribution in [0.15, 0.2) is 29.2 Å². The molecule has 1 saturated carbocycles. The van der Waals surface area contributed by atoms with Crippen LogP contribution in [-0.2, 0) is 10.0 Å². The first kappa shape index (κ1) is 16.3. The maximum absolute atomic E-state index is 12.0. The van der Waals surface area contributed by atoms with Crippen LogP contribution in [0.25, 0.3) is 0 Å². The van der Waals surface area contributed by atoms with E-state index < -0.39 is 10.0 Å². The summed E-state index contributed by atoms with van der Waals surface area (Å²) in [6.45, 7) is 5.74. The minimum absolute atomic E-state index is 0.124. The van der Waals surface area contributed by atoms with Crippen LogP contribution < -0.4 is 14.8 Å². The number of rotatable bonds is 9. The molecular formula is C15H24N2O3S. The van der Waals surface area contributed by atoms with Crippen LogP contribution in [0.2, 0.25) is 0 Å². The Hall–Kier alpha value is -1.11. The number of benzene rings is 1. The third-order valence-electron chi connectivity index (χ3n) is 3.18. The second-order valence-electron chi connectivity index (χ2n) is 5.68. The average Bonchev–Trinajstić information content (AvgIpc) is 3.22. The Bertz CT molecular complexity index is 537. The van der Waals surface area contributed by atoms with Crippen molar-refractivity contribution in [1.29, 1.82) is 0 Å². The molecule has 118 valence electrons. The second kappa shape index (κ2) is 7.24. The highest BCUT2D eigenvalue weighted by Gasteiger charge is 2.27. The molecule has 1 aliphatic rings. The van der Waals surface area contributed by atoms with E-state index in [0.717, 1.165) is 25.8 Å². The van der Waals surface area contributed by atoms with Crippen molar-refractivity contribution in [3.63, 3.8) is 0 Å². The van der Waals surface area contributed by atoms with Crippen molar-refractivity contribution in [3.05, 3.63) is 24.3 Å². The standard InChI is InChI=1S/C15H24N2O3S/c1-12(2)16-10-3-11-20-14-6-8-15(9-7-14)21(18,19)17-13-4-5-13/h6-9,12-13,16-17H,3-5,10-11H2,1-2H3. The van der Waals surface area contributed by atoms with Gasteiger partial charge in [0.25, 0.3) is 0 Å². The molecule has 5 nitrogen and oxygen atoms in total. The number of ether oxygens (including phenoxy) is 1. The van der Waals surface area contributed by atoms with Crippen molar-refractivity contribution in [1.82, 2.24) is 10.0 Å². The van der Waals surface area contributed by atoms with Crippen LogP contribution in [0.5, 0.6) is 5.75 Å². The maximum atomic E-state index is 12.0. The smallest absolute Gasteiger partial charge is 0.240 e. The number of hydrogen-bond acceptors (Lipinski definition) is 4. The van der Waals surface area contributed by atoms with E-state index in [1.165, 1.54) is 0 Å². The molecule has 1 fully saturated rings. The summed E-state index contributed by atoms with van der Waals surface area (Å²) in [4.78, 5) is 0.295. The molecule has 0 amide bonds. The van der Waals surface area contributed by atoms with Gasteiger partial charge in [0.1, 0.15) is 5.75 Å². The predicted molar refractivity (Wildman–Crippen MR) is 83.0 cm³/mol. The van der Waals surface area contributed by atoms with Gasteiger partial charge in [-0.1, -0.05) is 13.8 Å². The van der Waals surface area contributed by atoms with Gasteiger partial charge in [-0.3, -0.25) is 0 Å². The Kier molecular flexibility index (Phi) is 5.61. The molecular weight excluding hydrogens is 288 g/mol. The number of nitrogens with one attached hydrogen (secondary N) is 2. The van der Waals surface area contributed by atoms with E-state index in [2.05, 4.69) is 23.9 Å². The first-order valence-corrected chi connectivity index (χ1v) is 8.94. The Morgan fingerprint density at radius 1 is 1.24 bits per heavy atom. The van der Waals surface area contributed by atoms with E-state index in [9.17, 15) is 8.42 Å². The van der Waals surface area contributed by atoms with Gasteiger partial charge in [0.05, 0.1) is 11.5 Å². The molecule has 1 aromatic carbocycles. The van der Waals surface area contributed by atoms with Crippen molar-refractivity contribution >= 4 is 10.0 Å². The molecule has 2 rings (SSSR count). The minimum atomic E-state index is -3.37. The molecule has 0 aliphatic heterocycles. The zero-order valence-electron chi connectivity index (χ0n) is 12.6. The fourth-order valence-corrected chi connectivity index (χ4v) is 3.16. The normalized spacial score (nSPS) is 15.4. The summed E-state index contributed by atoms with van der Waals surface area (Å²) < 4.78 is 32.2. The molecule has 0 spiro atoms. The Labute approximate surface area is 127 Å². The van der Waals surface area contributed by atoms with Gasteiger partial charge in [0.15, 0.2) is 0 Å². The quantitative estimate of drug-likeness (QED) is 0.683. The summed E-state index contributed by atoms with van der Waals surface area (Å²) in [5.74, 6) is 0.699. The van der Waals surface area contributed by atoms with E-state index in [0.29, 0.717) is 23.3 Å². The number of sulfonamides is 1. The Morgan fingerprint density at radius 2 is 1.90 bits per heavy atom. The number of hydrogen-bond donors (Lipinski definition) is 2. The molecule has 6 heteroatoms. The van der Waals surface area contributed by atoms with E-state index in [1.807, 2.05) is 0 Å². The van der Waals surface area contributed by atoms with Gasteiger partial charge in [-0.05, 0) is 50.1 Å². The van der Waals surface area contributed by atoms with Crippen molar-refractivity contribution in [2.75, 3.05) is 13.2 Å². The van der Waals surface area contributed by atoms with Crippen LogP contribution in [0.1, 0.15) is 33.1 Å². The maximum Gasteiger partial charge on any atom is 0.240 e. The van der Waals surface area contributed by atoms with Gasteiger partial charge < -0.3 is 10.1 Å². The Balaban J connectivity index is 1.78. The lowest BCUT2D eigenvalue weighted by molar-refractivity contribution is 0.306. The average molecular weight is 312 g/mol. The zero-order valence-corrected chi connectivity index (χ0v) is 13.4. The van der Waals surface area contributed by atoms with Crippen LogP contribution in [0, 0.1) is 0 Å². The lowest BCUT2D eigenvalue weighted by atomic mass is 10.3. The fraction of sp³-hybridized carbons (Fsp3) is 0.600. The van der Waals surface area contributed by atoms with Crippen molar-refractivity contribution in [2.45, 2.75) is 50.1 Å². The van der Waals surface area contributed by atoms with Gasteiger partial charge in [0.2, 0.25) is 10.0 Å². The minimum Gasteiger partial charge on any atom is -0.494 e. The molecule has 2 N–H and O–H groups in total. The second-order valence-corrected chi connectivity index (χ2v) is 7.39. The first-order valence-electron chi connectivity index (χ1n) is 7.46. The molecule has 1 aliphatic carbocycles. The van der Waals surface area contributed by atoms with Gasteiger partial charge in [-0.15, -0.1) is 0 Å². The summed E-state index contributed by atoms with van der Waals surface area (Å²) in [5.41, 5.74) is 0. The topological polar surface area (TPSA) is 67.4 Å². The van der Waals surface area contributed by atoms with Crippen molar-refractivity contribution < 1.29 is 13.2 Å².